The van der Waals surface area contributed by atoms with Crippen LogP contribution in [0.2, 0.25) is 0 Å². The van der Waals surface area contributed by atoms with Gasteiger partial charge in [0.25, 0.3) is 5.91 Å². The molecule has 1 aromatic heterocycles. The first-order valence-electron chi connectivity index (χ1n) is 9.70. The second-order valence-corrected chi connectivity index (χ2v) is 7.14. The van der Waals surface area contributed by atoms with Crippen LogP contribution >= 0.6 is 0 Å². The maximum absolute atomic E-state index is 12.8. The summed E-state index contributed by atoms with van der Waals surface area (Å²) in [5.41, 5.74) is 2.88. The van der Waals surface area contributed by atoms with Crippen LogP contribution in [-0.2, 0) is 11.2 Å². The fourth-order valence-corrected chi connectivity index (χ4v) is 3.95. The molecular weight excluding hydrogens is 354 g/mol. The molecule has 1 saturated heterocycles. The van der Waals surface area contributed by atoms with E-state index in [0.29, 0.717) is 17.9 Å². The van der Waals surface area contributed by atoms with Gasteiger partial charge >= 0.3 is 0 Å². The number of hydrogen-bond acceptors (Lipinski definition) is 5. The molecule has 1 N–H and O–H groups in total. The quantitative estimate of drug-likeness (QED) is 0.863. The fourth-order valence-electron chi connectivity index (χ4n) is 3.95. The Kier molecular flexibility index (Phi) is 5.25. The van der Waals surface area contributed by atoms with Crippen molar-refractivity contribution < 1.29 is 9.59 Å². The lowest BCUT2D eigenvalue weighted by Crippen LogP contribution is -2.50. The van der Waals surface area contributed by atoms with Gasteiger partial charge in [-0.2, -0.15) is 0 Å². The van der Waals surface area contributed by atoms with Crippen molar-refractivity contribution in [3.8, 4) is 0 Å². The zero-order chi connectivity index (χ0) is 19.5. The molecule has 1 fully saturated rings. The Hall–Kier alpha value is -2.93. The second kappa shape index (κ2) is 7.98. The summed E-state index contributed by atoms with van der Waals surface area (Å²) in [6, 6.07) is 11.7. The Bertz CT molecular complexity index is 877. The van der Waals surface area contributed by atoms with Crippen molar-refractivity contribution >= 4 is 23.3 Å². The summed E-state index contributed by atoms with van der Waals surface area (Å²) in [5.74, 6) is 0.733. The van der Waals surface area contributed by atoms with Crippen LogP contribution in [-0.4, -0.2) is 68.0 Å². The van der Waals surface area contributed by atoms with E-state index in [1.807, 2.05) is 23.1 Å². The molecule has 2 aromatic rings. The minimum Gasteiger partial charge on any atom is -0.355 e. The predicted molar refractivity (Wildman–Crippen MR) is 109 cm³/mol. The van der Waals surface area contributed by atoms with Gasteiger partial charge in [-0.15, -0.1) is 0 Å². The number of carbonyl (C=O) groups excluding carboxylic acids is 2. The average molecular weight is 379 g/mol. The number of piperazine rings is 1. The summed E-state index contributed by atoms with van der Waals surface area (Å²) in [6.07, 6.45) is 2.64. The van der Waals surface area contributed by atoms with E-state index in [4.69, 9.17) is 0 Å². The van der Waals surface area contributed by atoms with E-state index in [1.54, 1.807) is 25.4 Å². The highest BCUT2D eigenvalue weighted by Gasteiger charge is 2.28. The lowest BCUT2D eigenvalue weighted by molar-refractivity contribution is -0.119. The molecule has 0 spiro atoms. The third kappa shape index (κ3) is 3.57. The summed E-state index contributed by atoms with van der Waals surface area (Å²) in [6.45, 7) is 4.21. The minimum absolute atomic E-state index is 0.131. The van der Waals surface area contributed by atoms with Gasteiger partial charge in [0.15, 0.2) is 0 Å². The Morgan fingerprint density at radius 1 is 1.04 bits per heavy atom. The molecule has 3 heterocycles. The normalized spacial score (nSPS) is 16.8. The zero-order valence-corrected chi connectivity index (χ0v) is 16.1. The number of fused-ring (bicyclic) bond motifs is 1. The second-order valence-electron chi connectivity index (χ2n) is 7.14. The fraction of sp³-hybridized carbons (Fsp3) is 0.381. The molecule has 0 saturated carbocycles. The molecule has 0 bridgehead atoms. The standard InChI is InChI=1S/C21H25N5O2/c1-22-21(28)17-6-4-9-23-20(17)25-13-11-24(12-14-25)15-19(27)26-10-8-16-5-2-3-7-18(16)26/h2-7,9H,8,10-15H2,1H3,(H,22,28). The summed E-state index contributed by atoms with van der Waals surface area (Å²) in [4.78, 5) is 35.5. The highest BCUT2D eigenvalue weighted by Crippen LogP contribution is 2.27. The highest BCUT2D eigenvalue weighted by molar-refractivity contribution is 5.99. The molecule has 0 radical (unpaired) electrons. The van der Waals surface area contributed by atoms with Gasteiger partial charge in [-0.05, 0) is 30.2 Å². The van der Waals surface area contributed by atoms with E-state index in [2.05, 4.69) is 26.2 Å². The molecular formula is C21H25N5O2. The number of nitrogens with zero attached hydrogens (tertiary/aromatic N) is 4. The topological polar surface area (TPSA) is 68.8 Å². The first kappa shape index (κ1) is 18.4. The molecule has 146 valence electrons. The van der Waals surface area contributed by atoms with Gasteiger partial charge in [0.05, 0.1) is 12.1 Å². The summed E-state index contributed by atoms with van der Waals surface area (Å²) < 4.78 is 0. The maximum atomic E-state index is 12.8. The van der Waals surface area contributed by atoms with E-state index in [-0.39, 0.29) is 11.8 Å². The largest absolute Gasteiger partial charge is 0.355 e. The number of anilines is 2. The molecule has 2 aliphatic rings. The Morgan fingerprint density at radius 2 is 1.82 bits per heavy atom. The van der Waals surface area contributed by atoms with E-state index in [0.717, 1.165) is 44.8 Å². The van der Waals surface area contributed by atoms with Crippen LogP contribution in [0.25, 0.3) is 0 Å². The van der Waals surface area contributed by atoms with E-state index in [9.17, 15) is 9.59 Å². The van der Waals surface area contributed by atoms with Gasteiger partial charge in [-0.3, -0.25) is 14.5 Å². The molecule has 1 aromatic carbocycles. The van der Waals surface area contributed by atoms with Gasteiger partial charge in [0.1, 0.15) is 5.82 Å². The van der Waals surface area contributed by atoms with Crippen molar-refractivity contribution in [2.75, 3.05) is 56.1 Å². The average Bonchev–Trinajstić information content (AvgIpc) is 3.18. The van der Waals surface area contributed by atoms with Crippen molar-refractivity contribution in [3.63, 3.8) is 0 Å². The number of para-hydroxylation sites is 1. The van der Waals surface area contributed by atoms with Crippen LogP contribution in [0.3, 0.4) is 0 Å². The van der Waals surface area contributed by atoms with Crippen LogP contribution in [0, 0.1) is 0 Å². The van der Waals surface area contributed by atoms with Crippen LogP contribution < -0.4 is 15.1 Å². The number of amides is 2. The lowest BCUT2D eigenvalue weighted by atomic mass is 10.2. The predicted octanol–water partition coefficient (Wildman–Crippen LogP) is 1.15. The molecule has 28 heavy (non-hydrogen) atoms. The van der Waals surface area contributed by atoms with Crippen molar-refractivity contribution in [2.45, 2.75) is 6.42 Å². The van der Waals surface area contributed by atoms with Gasteiger partial charge in [-0.1, -0.05) is 18.2 Å². The first-order chi connectivity index (χ1) is 13.7. The Balaban J connectivity index is 1.37. The van der Waals surface area contributed by atoms with Crippen LogP contribution in [0.15, 0.2) is 42.6 Å². The Morgan fingerprint density at radius 3 is 2.61 bits per heavy atom. The molecule has 2 amide bonds. The number of pyridine rings is 1. The number of nitrogens with one attached hydrogen (secondary N) is 1. The Labute approximate surface area is 164 Å². The van der Waals surface area contributed by atoms with Gasteiger partial charge in [0, 0.05) is 51.7 Å². The number of rotatable bonds is 4. The summed E-state index contributed by atoms with van der Waals surface area (Å²) in [7, 11) is 1.62. The monoisotopic (exact) mass is 379 g/mol. The third-order valence-corrected chi connectivity index (χ3v) is 5.48. The van der Waals surface area contributed by atoms with E-state index in [1.165, 1.54) is 5.56 Å². The molecule has 2 aliphatic heterocycles. The zero-order valence-electron chi connectivity index (χ0n) is 16.1. The number of aromatic nitrogens is 1. The summed E-state index contributed by atoms with van der Waals surface area (Å²) in [5, 5.41) is 2.67. The molecule has 0 atom stereocenters. The first-order valence-corrected chi connectivity index (χ1v) is 9.70. The summed E-state index contributed by atoms with van der Waals surface area (Å²) >= 11 is 0. The molecule has 4 rings (SSSR count). The van der Waals surface area contributed by atoms with Gasteiger partial charge < -0.3 is 15.1 Å². The van der Waals surface area contributed by atoms with Gasteiger partial charge in [0.2, 0.25) is 5.91 Å². The van der Waals surface area contributed by atoms with Gasteiger partial charge in [-0.25, -0.2) is 4.98 Å². The molecule has 7 nitrogen and oxygen atoms in total. The molecule has 0 unspecified atom stereocenters. The minimum atomic E-state index is -0.131. The maximum Gasteiger partial charge on any atom is 0.254 e. The number of hydrogen-bond donors (Lipinski definition) is 1. The van der Waals surface area contributed by atoms with Crippen LogP contribution in [0.5, 0.6) is 0 Å². The number of carbonyl (C=O) groups is 2. The third-order valence-electron chi connectivity index (χ3n) is 5.48. The molecule has 0 aliphatic carbocycles. The van der Waals surface area contributed by atoms with Crippen LogP contribution in [0.1, 0.15) is 15.9 Å². The van der Waals surface area contributed by atoms with Crippen molar-refractivity contribution in [1.82, 2.24) is 15.2 Å². The smallest absolute Gasteiger partial charge is 0.254 e. The lowest BCUT2D eigenvalue weighted by Gasteiger charge is -2.36. The van der Waals surface area contributed by atoms with E-state index < -0.39 is 0 Å². The van der Waals surface area contributed by atoms with Crippen molar-refractivity contribution in [1.29, 1.82) is 0 Å². The van der Waals surface area contributed by atoms with Crippen LogP contribution in [0.4, 0.5) is 11.5 Å². The van der Waals surface area contributed by atoms with Crippen molar-refractivity contribution in [3.05, 3.63) is 53.7 Å². The number of benzene rings is 1. The van der Waals surface area contributed by atoms with Crippen molar-refractivity contribution in [2.24, 2.45) is 0 Å². The van der Waals surface area contributed by atoms with E-state index >= 15 is 0 Å². The highest BCUT2D eigenvalue weighted by atomic mass is 16.2. The SMILES string of the molecule is CNC(=O)c1cccnc1N1CCN(CC(=O)N2CCc3ccccc32)CC1. The molecule has 7 heteroatoms.